The number of likely N-dealkylation sites (tertiary alicyclic amines) is 1. The van der Waals surface area contributed by atoms with Crippen LogP contribution in [0.15, 0.2) is 73.1 Å². The van der Waals surface area contributed by atoms with Crippen molar-refractivity contribution in [1.82, 2.24) is 40.6 Å². The van der Waals surface area contributed by atoms with Crippen molar-refractivity contribution in [3.05, 3.63) is 84.7 Å². The Morgan fingerprint density at radius 1 is 0.770 bits per heavy atom. The Morgan fingerprint density at radius 3 is 2.11 bits per heavy atom. The molecule has 5 atom stereocenters. The number of aromatic amines is 2. The molecule has 15 nitrogen and oxygen atoms in total. The highest BCUT2D eigenvalue weighted by atomic mass is 16.5. The van der Waals surface area contributed by atoms with Crippen molar-refractivity contribution in [2.75, 3.05) is 34.0 Å². The number of amides is 4. The average molecular weight is 831 g/mol. The van der Waals surface area contributed by atoms with Gasteiger partial charge in [-0.05, 0) is 85.5 Å². The zero-order valence-corrected chi connectivity index (χ0v) is 35.1. The molecular formula is C46H54N8O7. The minimum atomic E-state index is -0.722. The lowest BCUT2D eigenvalue weighted by Gasteiger charge is -2.35. The van der Waals surface area contributed by atoms with Gasteiger partial charge in [0, 0.05) is 42.5 Å². The number of hydrogen-bond acceptors (Lipinski definition) is 9. The number of alkyl carbamates (subject to hydrolysis) is 1. The molecule has 1 saturated carbocycles. The third kappa shape index (κ3) is 8.83. The summed E-state index contributed by atoms with van der Waals surface area (Å²) in [6, 6.07) is 20.0. The molecule has 5 aromatic rings. The number of methoxy groups -OCH3 is 2. The predicted molar refractivity (Wildman–Crippen MR) is 229 cm³/mol. The summed E-state index contributed by atoms with van der Waals surface area (Å²) in [6.45, 7) is 5.29. The van der Waals surface area contributed by atoms with Crippen molar-refractivity contribution in [2.45, 2.75) is 82.8 Å². The van der Waals surface area contributed by atoms with E-state index >= 15 is 0 Å². The summed E-state index contributed by atoms with van der Waals surface area (Å²) in [5, 5.41) is 6.34. The molecule has 15 heteroatoms. The first-order chi connectivity index (χ1) is 29.6. The lowest BCUT2D eigenvalue weighted by atomic mass is 9.78. The predicted octanol–water partition coefficient (Wildman–Crippen LogP) is 7.49. The Hall–Kier alpha value is -6.22. The Labute approximate surface area is 354 Å². The number of carbonyl (C=O) groups excluding carboxylic acids is 4. The molecule has 3 aromatic carbocycles. The van der Waals surface area contributed by atoms with Gasteiger partial charge in [0.05, 0.1) is 50.6 Å². The molecule has 2 saturated heterocycles. The second kappa shape index (κ2) is 18.2. The first kappa shape index (κ1) is 41.5. The fourth-order valence-electron chi connectivity index (χ4n) is 9.15. The first-order valence-electron chi connectivity index (χ1n) is 21.3. The highest BCUT2D eigenvalue weighted by Gasteiger charge is 2.41. The van der Waals surface area contributed by atoms with Gasteiger partial charge in [-0.15, -0.1) is 0 Å². The summed E-state index contributed by atoms with van der Waals surface area (Å²) in [7, 11) is 2.58. The minimum absolute atomic E-state index is 0.0951. The summed E-state index contributed by atoms with van der Waals surface area (Å²) >= 11 is 0. The van der Waals surface area contributed by atoms with Crippen LogP contribution in [0.3, 0.4) is 0 Å². The highest BCUT2D eigenvalue weighted by molar-refractivity contribution is 5.91. The van der Waals surface area contributed by atoms with Crippen LogP contribution in [-0.4, -0.2) is 99.9 Å². The van der Waals surface area contributed by atoms with Crippen LogP contribution in [0, 0.1) is 11.8 Å². The smallest absolute Gasteiger partial charge is 0.425 e. The Balaban J connectivity index is 0.941. The summed E-state index contributed by atoms with van der Waals surface area (Å²) in [5.41, 5.74) is 8.50. The van der Waals surface area contributed by atoms with Crippen molar-refractivity contribution in [2.24, 2.45) is 11.8 Å². The molecular weight excluding hydrogens is 777 g/mol. The van der Waals surface area contributed by atoms with E-state index in [1.165, 1.54) is 19.2 Å². The van der Waals surface area contributed by atoms with E-state index in [2.05, 4.69) is 81.4 Å². The van der Waals surface area contributed by atoms with Crippen LogP contribution in [0.2, 0.25) is 0 Å². The monoisotopic (exact) mass is 830 g/mol. The number of imidazole rings is 2. The minimum Gasteiger partial charge on any atom is -0.453 e. The van der Waals surface area contributed by atoms with Crippen LogP contribution in [0.4, 0.5) is 9.59 Å². The van der Waals surface area contributed by atoms with Crippen LogP contribution >= 0.6 is 0 Å². The van der Waals surface area contributed by atoms with Crippen LogP contribution < -0.4 is 10.7 Å². The maximum absolute atomic E-state index is 13.9. The van der Waals surface area contributed by atoms with Gasteiger partial charge in [0.1, 0.15) is 17.7 Å². The number of H-pyrrole nitrogens is 2. The van der Waals surface area contributed by atoms with Crippen molar-refractivity contribution >= 4 is 34.8 Å². The highest BCUT2D eigenvalue weighted by Crippen LogP contribution is 2.39. The molecule has 8 rings (SSSR count). The van der Waals surface area contributed by atoms with Crippen LogP contribution in [0.5, 0.6) is 0 Å². The zero-order valence-electron chi connectivity index (χ0n) is 35.1. The third-order valence-corrected chi connectivity index (χ3v) is 12.5. The van der Waals surface area contributed by atoms with E-state index in [4.69, 9.17) is 24.2 Å². The number of aromatic nitrogens is 4. The van der Waals surface area contributed by atoms with Gasteiger partial charge >= 0.3 is 12.2 Å². The molecule has 0 radical (unpaired) electrons. The van der Waals surface area contributed by atoms with Gasteiger partial charge in [0.25, 0.3) is 0 Å². The van der Waals surface area contributed by atoms with Crippen LogP contribution in [0.25, 0.3) is 44.4 Å². The fourth-order valence-corrected chi connectivity index (χ4v) is 9.15. The number of carbonyl (C=O) groups is 4. The van der Waals surface area contributed by atoms with E-state index in [-0.39, 0.29) is 41.7 Å². The molecule has 4 amide bonds. The maximum Gasteiger partial charge on any atom is 0.425 e. The first-order valence-corrected chi connectivity index (χ1v) is 21.3. The molecule has 320 valence electrons. The molecule has 4 heterocycles. The molecule has 0 spiro atoms. The lowest BCUT2D eigenvalue weighted by molar-refractivity contribution is -0.142. The van der Waals surface area contributed by atoms with Gasteiger partial charge in [-0.25, -0.2) is 30.0 Å². The van der Waals surface area contributed by atoms with Gasteiger partial charge < -0.3 is 34.4 Å². The molecule has 0 bridgehead atoms. The second-order valence-corrected chi connectivity index (χ2v) is 16.5. The largest absolute Gasteiger partial charge is 0.453 e. The molecule has 2 aromatic heterocycles. The van der Waals surface area contributed by atoms with Crippen LogP contribution in [-0.2, 0) is 23.8 Å². The maximum atomic E-state index is 13.9. The van der Waals surface area contributed by atoms with E-state index < -0.39 is 18.2 Å². The Morgan fingerprint density at radius 2 is 1.41 bits per heavy atom. The number of nitrogens with zero attached hydrogens (tertiary/aromatic N) is 4. The summed E-state index contributed by atoms with van der Waals surface area (Å²) < 4.78 is 15.1. The van der Waals surface area contributed by atoms with Crippen molar-refractivity contribution in [1.29, 1.82) is 0 Å². The molecule has 61 heavy (non-hydrogen) atoms. The number of nitrogens with one attached hydrogen (secondary N) is 4. The molecule has 3 fully saturated rings. The standard InChI is InChI=1S/C46H54N8O7/c1-27(2)54(52-46(58)60-4)43(55)36-9-6-5-8-35(36)41-47-25-38(49-41)33-18-17-31-22-30(15-16-32(31)23-33)28-11-13-29(14-12-28)37-24-48-42(50-37)39-10-7-20-53(39)44(56)40(51-45(57)59-3)34-19-21-61-26-34/h11-18,22-25,27,34-36,39-40H,5-10,19-21,26H2,1-4H3,(H,47,49)(H,48,50)(H,51,57)(H,52,58)/t34?,35-,36+,39-,40?/m0/s1. The average Bonchev–Trinajstić information content (AvgIpc) is 4.15. The van der Waals surface area contributed by atoms with Gasteiger partial charge in [0.2, 0.25) is 11.8 Å². The number of rotatable bonds is 10. The van der Waals surface area contributed by atoms with Crippen molar-refractivity contribution in [3.63, 3.8) is 0 Å². The second-order valence-electron chi connectivity index (χ2n) is 16.5. The molecule has 1 aliphatic carbocycles. The van der Waals surface area contributed by atoms with Gasteiger partial charge in [-0.3, -0.25) is 9.59 Å². The van der Waals surface area contributed by atoms with E-state index in [9.17, 15) is 19.2 Å². The third-order valence-electron chi connectivity index (χ3n) is 12.5. The van der Waals surface area contributed by atoms with Gasteiger partial charge in [0.15, 0.2) is 0 Å². The summed E-state index contributed by atoms with van der Waals surface area (Å²) in [6.07, 6.45) is 8.16. The molecule has 2 aliphatic heterocycles. The van der Waals surface area contributed by atoms with Crippen LogP contribution in [0.1, 0.15) is 82.4 Å². The fraction of sp³-hybridized carbons (Fsp3) is 0.435. The SMILES string of the molecule is COC(=O)NC(C(=O)N1CCC[C@H]1c1ncc(-c2ccc(-c3ccc4cc(-c5cnc([C@H]6CCCC[C@H]6C(=O)N(NC(=O)OC)C(C)C)[nH]5)ccc4c3)cc2)[nH]1)C1CCOC1. The quantitative estimate of drug-likeness (QED) is 0.104. The van der Waals surface area contributed by atoms with E-state index in [0.29, 0.717) is 26.2 Å². The normalized spacial score (nSPS) is 20.7. The van der Waals surface area contributed by atoms with E-state index in [1.807, 2.05) is 31.1 Å². The molecule has 2 unspecified atom stereocenters. The number of hydrazine groups is 1. The zero-order chi connectivity index (χ0) is 42.6. The van der Waals surface area contributed by atoms with Crippen molar-refractivity contribution < 1.29 is 33.4 Å². The number of hydrogen-bond donors (Lipinski definition) is 4. The Bertz CT molecular complexity index is 2370. The lowest BCUT2D eigenvalue weighted by Crippen LogP contribution is -2.53. The van der Waals surface area contributed by atoms with Gasteiger partial charge in [-0.2, -0.15) is 0 Å². The van der Waals surface area contributed by atoms with E-state index in [0.717, 1.165) is 94.6 Å². The Kier molecular flexibility index (Phi) is 12.4. The number of benzene rings is 3. The summed E-state index contributed by atoms with van der Waals surface area (Å²) in [4.78, 5) is 70.1. The number of ether oxygens (including phenoxy) is 3. The summed E-state index contributed by atoms with van der Waals surface area (Å²) in [5.74, 6) is 0.707. The topological polar surface area (TPSA) is 184 Å². The molecule has 3 aliphatic rings. The number of fused-ring (bicyclic) bond motifs is 1. The van der Waals surface area contributed by atoms with Crippen molar-refractivity contribution in [3.8, 4) is 33.6 Å². The van der Waals surface area contributed by atoms with E-state index in [1.54, 1.807) is 0 Å². The van der Waals surface area contributed by atoms with Gasteiger partial charge in [-0.1, -0.05) is 61.4 Å². The molecule has 4 N–H and O–H groups in total.